The summed E-state index contributed by atoms with van der Waals surface area (Å²) in [6, 6.07) is 5.64. The largest absolute Gasteiger partial charge is 0.454 e. The molecule has 0 saturated carbocycles. The maximum absolute atomic E-state index is 12.9. The highest BCUT2D eigenvalue weighted by atomic mass is 16.7. The molecular formula is C17H20N2O4. The third-order valence-electron chi connectivity index (χ3n) is 5.09. The predicted molar refractivity (Wildman–Crippen MR) is 82.0 cm³/mol. The molecule has 6 heteroatoms. The molecule has 0 N–H and O–H groups in total. The maximum atomic E-state index is 12.9. The summed E-state index contributed by atoms with van der Waals surface area (Å²) in [5.41, 5.74) is 1.08. The molecule has 122 valence electrons. The quantitative estimate of drug-likeness (QED) is 0.833. The van der Waals surface area contributed by atoms with Gasteiger partial charge in [-0.1, -0.05) is 6.07 Å². The van der Waals surface area contributed by atoms with Crippen LogP contribution in [0.15, 0.2) is 18.2 Å². The van der Waals surface area contributed by atoms with Gasteiger partial charge in [0.25, 0.3) is 0 Å². The number of nitrogens with zero attached hydrogens (tertiary/aromatic N) is 2. The Hall–Kier alpha value is -2.24. The Morgan fingerprint density at radius 1 is 1.22 bits per heavy atom. The van der Waals surface area contributed by atoms with Gasteiger partial charge in [0.15, 0.2) is 11.5 Å². The lowest BCUT2D eigenvalue weighted by Crippen LogP contribution is -2.44. The summed E-state index contributed by atoms with van der Waals surface area (Å²) >= 11 is 0. The van der Waals surface area contributed by atoms with Gasteiger partial charge in [-0.05, 0) is 37.0 Å². The Morgan fingerprint density at radius 3 is 2.83 bits per heavy atom. The molecule has 2 fully saturated rings. The second-order valence-electron chi connectivity index (χ2n) is 6.36. The van der Waals surface area contributed by atoms with E-state index in [-0.39, 0.29) is 30.7 Å². The first-order valence-corrected chi connectivity index (χ1v) is 8.11. The fourth-order valence-corrected chi connectivity index (χ4v) is 3.78. The molecule has 0 aromatic heterocycles. The van der Waals surface area contributed by atoms with Crippen LogP contribution in [0.5, 0.6) is 11.5 Å². The fraction of sp³-hybridized carbons (Fsp3) is 0.529. The highest BCUT2D eigenvalue weighted by Crippen LogP contribution is 2.39. The Labute approximate surface area is 134 Å². The number of amides is 2. The third-order valence-corrected chi connectivity index (χ3v) is 5.09. The normalized spacial score (nSPS) is 26.2. The van der Waals surface area contributed by atoms with Crippen molar-refractivity contribution in [2.45, 2.75) is 37.8 Å². The van der Waals surface area contributed by atoms with E-state index in [4.69, 9.17) is 9.47 Å². The van der Waals surface area contributed by atoms with Gasteiger partial charge >= 0.3 is 0 Å². The summed E-state index contributed by atoms with van der Waals surface area (Å²) in [4.78, 5) is 28.1. The number of likely N-dealkylation sites (tertiary alicyclic amines) is 2. The number of fused-ring (bicyclic) bond motifs is 1. The molecule has 4 rings (SSSR count). The molecule has 0 spiro atoms. The van der Waals surface area contributed by atoms with Crippen molar-refractivity contribution in [1.82, 2.24) is 9.80 Å². The van der Waals surface area contributed by atoms with Crippen molar-refractivity contribution in [2.75, 3.05) is 20.4 Å². The Morgan fingerprint density at radius 2 is 2.04 bits per heavy atom. The number of carbonyl (C=O) groups excluding carboxylic acids is 2. The second kappa shape index (κ2) is 5.44. The Kier molecular flexibility index (Phi) is 3.39. The molecule has 2 unspecified atom stereocenters. The van der Waals surface area contributed by atoms with E-state index in [9.17, 15) is 9.59 Å². The maximum Gasteiger partial charge on any atom is 0.245 e. The zero-order valence-corrected chi connectivity index (χ0v) is 13.2. The minimum atomic E-state index is -0.308. The molecule has 1 aromatic rings. The molecule has 2 saturated heterocycles. The van der Waals surface area contributed by atoms with Gasteiger partial charge in [-0.3, -0.25) is 9.59 Å². The van der Waals surface area contributed by atoms with E-state index >= 15 is 0 Å². The minimum absolute atomic E-state index is 0.0566. The van der Waals surface area contributed by atoms with Crippen molar-refractivity contribution in [3.05, 3.63) is 23.8 Å². The van der Waals surface area contributed by atoms with Gasteiger partial charge in [0, 0.05) is 20.0 Å². The van der Waals surface area contributed by atoms with Crippen molar-refractivity contribution in [3.63, 3.8) is 0 Å². The first-order valence-electron chi connectivity index (χ1n) is 8.11. The molecule has 23 heavy (non-hydrogen) atoms. The molecule has 0 bridgehead atoms. The van der Waals surface area contributed by atoms with E-state index in [1.807, 2.05) is 23.1 Å². The monoisotopic (exact) mass is 316 g/mol. The van der Waals surface area contributed by atoms with E-state index in [2.05, 4.69) is 0 Å². The number of hydrogen-bond donors (Lipinski definition) is 0. The van der Waals surface area contributed by atoms with Crippen LogP contribution < -0.4 is 9.47 Å². The highest BCUT2D eigenvalue weighted by Gasteiger charge is 2.40. The fourth-order valence-electron chi connectivity index (χ4n) is 3.78. The minimum Gasteiger partial charge on any atom is -0.454 e. The molecule has 3 heterocycles. The van der Waals surface area contributed by atoms with Crippen LogP contribution in [0.3, 0.4) is 0 Å². The molecule has 6 nitrogen and oxygen atoms in total. The van der Waals surface area contributed by atoms with Gasteiger partial charge in [0.05, 0.1) is 6.04 Å². The van der Waals surface area contributed by atoms with Gasteiger partial charge in [0.2, 0.25) is 18.6 Å². The summed E-state index contributed by atoms with van der Waals surface area (Å²) in [5, 5.41) is 0. The summed E-state index contributed by atoms with van der Waals surface area (Å²) < 4.78 is 10.8. The summed E-state index contributed by atoms with van der Waals surface area (Å²) in [6.07, 6.45) is 3.01. The standard InChI is InChI=1S/C17H20N2O4/c1-18-13(5-7-16(18)20)17(21)19-8-2-3-12(19)11-4-6-14-15(9-11)23-10-22-14/h4,6,9,12-13H,2-3,5,7-8,10H2,1H3. The smallest absolute Gasteiger partial charge is 0.245 e. The van der Waals surface area contributed by atoms with Crippen molar-refractivity contribution in [3.8, 4) is 11.5 Å². The summed E-state index contributed by atoms with van der Waals surface area (Å²) in [7, 11) is 1.73. The number of likely N-dealkylation sites (N-methyl/N-ethyl adjacent to an activating group) is 1. The Bertz CT molecular complexity index is 660. The van der Waals surface area contributed by atoms with E-state index in [0.717, 1.165) is 36.4 Å². The van der Waals surface area contributed by atoms with Crippen LogP contribution in [0.4, 0.5) is 0 Å². The van der Waals surface area contributed by atoms with E-state index in [0.29, 0.717) is 12.8 Å². The number of benzene rings is 1. The average Bonchev–Trinajstić information content (AvgIpc) is 3.27. The van der Waals surface area contributed by atoms with Gasteiger partial charge < -0.3 is 19.3 Å². The van der Waals surface area contributed by atoms with E-state index in [1.165, 1.54) is 0 Å². The van der Waals surface area contributed by atoms with E-state index < -0.39 is 0 Å². The molecule has 3 aliphatic heterocycles. The molecule has 0 radical (unpaired) electrons. The summed E-state index contributed by atoms with van der Waals surface area (Å²) in [6.45, 7) is 0.998. The third kappa shape index (κ3) is 2.33. The van der Waals surface area contributed by atoms with Crippen LogP contribution >= 0.6 is 0 Å². The lowest BCUT2D eigenvalue weighted by atomic mass is 10.0. The number of hydrogen-bond acceptors (Lipinski definition) is 4. The lowest BCUT2D eigenvalue weighted by Gasteiger charge is -2.30. The van der Waals surface area contributed by atoms with Crippen LogP contribution in [0.2, 0.25) is 0 Å². The molecular weight excluding hydrogens is 296 g/mol. The summed E-state index contributed by atoms with van der Waals surface area (Å²) in [5.74, 6) is 1.63. The Balaban J connectivity index is 1.57. The van der Waals surface area contributed by atoms with Crippen molar-refractivity contribution in [1.29, 1.82) is 0 Å². The first kappa shape index (κ1) is 14.4. The number of rotatable bonds is 2. The van der Waals surface area contributed by atoms with Gasteiger partial charge in [-0.25, -0.2) is 0 Å². The van der Waals surface area contributed by atoms with Gasteiger partial charge in [-0.15, -0.1) is 0 Å². The SMILES string of the molecule is CN1C(=O)CCC1C(=O)N1CCCC1c1ccc2c(c1)OCO2. The topological polar surface area (TPSA) is 59.1 Å². The molecule has 3 aliphatic rings. The average molecular weight is 316 g/mol. The predicted octanol–water partition coefficient (Wildman–Crippen LogP) is 1.70. The van der Waals surface area contributed by atoms with Crippen molar-refractivity contribution < 1.29 is 19.1 Å². The van der Waals surface area contributed by atoms with Crippen LogP contribution in [0.1, 0.15) is 37.3 Å². The van der Waals surface area contributed by atoms with Crippen LogP contribution in [0.25, 0.3) is 0 Å². The van der Waals surface area contributed by atoms with Crippen molar-refractivity contribution >= 4 is 11.8 Å². The number of ether oxygens (including phenoxy) is 2. The zero-order chi connectivity index (χ0) is 16.0. The van der Waals surface area contributed by atoms with E-state index in [1.54, 1.807) is 11.9 Å². The first-order chi connectivity index (χ1) is 11.1. The molecule has 2 atom stereocenters. The van der Waals surface area contributed by atoms with Crippen LogP contribution in [0, 0.1) is 0 Å². The van der Waals surface area contributed by atoms with Gasteiger partial charge in [-0.2, -0.15) is 0 Å². The van der Waals surface area contributed by atoms with Gasteiger partial charge in [0.1, 0.15) is 6.04 Å². The molecule has 2 amide bonds. The van der Waals surface area contributed by atoms with Crippen LogP contribution in [-0.4, -0.2) is 48.0 Å². The second-order valence-corrected chi connectivity index (χ2v) is 6.36. The van der Waals surface area contributed by atoms with Crippen molar-refractivity contribution in [2.24, 2.45) is 0 Å². The molecule has 0 aliphatic carbocycles. The lowest BCUT2D eigenvalue weighted by molar-refractivity contribution is -0.141. The molecule has 1 aromatic carbocycles. The number of carbonyl (C=O) groups is 2. The highest BCUT2D eigenvalue weighted by molar-refractivity contribution is 5.91. The van der Waals surface area contributed by atoms with Crippen LogP contribution in [-0.2, 0) is 9.59 Å². The zero-order valence-electron chi connectivity index (χ0n) is 13.2.